The van der Waals surface area contributed by atoms with Gasteiger partial charge >= 0.3 is 0 Å². The fourth-order valence-electron chi connectivity index (χ4n) is 2.97. The fraction of sp³-hybridized carbons (Fsp3) is 0.562. The number of hydrogen-bond donors (Lipinski definition) is 2. The molecule has 0 aliphatic carbocycles. The first kappa shape index (κ1) is 13.6. The van der Waals surface area contributed by atoms with E-state index in [1.165, 1.54) is 11.1 Å². The Labute approximate surface area is 119 Å². The molecule has 20 heavy (non-hydrogen) atoms. The molecule has 1 unspecified atom stereocenters. The van der Waals surface area contributed by atoms with Crippen LogP contribution in [0.4, 0.5) is 0 Å². The van der Waals surface area contributed by atoms with Crippen molar-refractivity contribution in [1.82, 2.24) is 10.6 Å². The summed E-state index contributed by atoms with van der Waals surface area (Å²) in [5.74, 6) is 0.744. The Morgan fingerprint density at radius 2 is 2.20 bits per heavy atom. The number of ether oxygens (including phenoxy) is 1. The van der Waals surface area contributed by atoms with Gasteiger partial charge in [-0.05, 0) is 36.3 Å². The van der Waals surface area contributed by atoms with Crippen LogP contribution in [0.3, 0.4) is 0 Å². The lowest BCUT2D eigenvalue weighted by Gasteiger charge is -2.25. The van der Waals surface area contributed by atoms with Gasteiger partial charge in [0, 0.05) is 26.3 Å². The van der Waals surface area contributed by atoms with E-state index >= 15 is 0 Å². The van der Waals surface area contributed by atoms with Crippen molar-refractivity contribution in [2.75, 3.05) is 19.8 Å². The van der Waals surface area contributed by atoms with Gasteiger partial charge in [-0.2, -0.15) is 0 Å². The van der Waals surface area contributed by atoms with Crippen molar-refractivity contribution in [1.29, 1.82) is 0 Å². The first-order valence-corrected chi connectivity index (χ1v) is 7.48. The highest BCUT2D eigenvalue weighted by Crippen LogP contribution is 2.17. The van der Waals surface area contributed by atoms with Crippen LogP contribution in [0, 0.1) is 5.92 Å². The predicted octanol–water partition coefficient (Wildman–Crippen LogP) is 1.24. The summed E-state index contributed by atoms with van der Waals surface area (Å²) in [6.07, 6.45) is 2.94. The smallest absolute Gasteiger partial charge is 0.237 e. The Hall–Kier alpha value is -1.39. The normalized spacial score (nSPS) is 25.2. The lowest BCUT2D eigenvalue weighted by molar-refractivity contribution is -0.123. The van der Waals surface area contributed by atoms with Gasteiger partial charge in [0.2, 0.25) is 5.91 Å². The van der Waals surface area contributed by atoms with Gasteiger partial charge in [-0.25, -0.2) is 0 Å². The van der Waals surface area contributed by atoms with Gasteiger partial charge in [-0.15, -0.1) is 0 Å². The third-order valence-electron chi connectivity index (χ3n) is 4.27. The molecule has 0 radical (unpaired) electrons. The molecule has 2 heterocycles. The van der Waals surface area contributed by atoms with E-state index in [0.29, 0.717) is 5.92 Å². The molecule has 2 aliphatic heterocycles. The van der Waals surface area contributed by atoms with Crippen LogP contribution in [0.5, 0.6) is 0 Å². The average molecular weight is 274 g/mol. The highest BCUT2D eigenvalue weighted by atomic mass is 16.5. The Morgan fingerprint density at radius 3 is 3.00 bits per heavy atom. The van der Waals surface area contributed by atoms with Crippen LogP contribution in [-0.2, 0) is 22.5 Å². The molecule has 0 spiro atoms. The first-order valence-electron chi connectivity index (χ1n) is 7.48. The summed E-state index contributed by atoms with van der Waals surface area (Å²) < 4.78 is 5.34. The molecule has 1 aromatic carbocycles. The minimum Gasteiger partial charge on any atom is -0.381 e. The second-order valence-electron chi connectivity index (χ2n) is 5.72. The van der Waals surface area contributed by atoms with Gasteiger partial charge in [0.1, 0.15) is 0 Å². The maximum Gasteiger partial charge on any atom is 0.237 e. The Kier molecular flexibility index (Phi) is 4.33. The summed E-state index contributed by atoms with van der Waals surface area (Å²) in [5, 5.41) is 6.37. The first-order chi connectivity index (χ1) is 9.83. The number of nitrogens with one attached hydrogen (secondary N) is 2. The van der Waals surface area contributed by atoms with Crippen molar-refractivity contribution in [2.45, 2.75) is 31.8 Å². The number of amides is 1. The van der Waals surface area contributed by atoms with Crippen LogP contribution in [0.25, 0.3) is 0 Å². The van der Waals surface area contributed by atoms with Crippen LogP contribution < -0.4 is 10.6 Å². The summed E-state index contributed by atoms with van der Waals surface area (Å²) in [6.45, 7) is 3.27. The SMILES string of the molecule is O=C(NCCC1CCOC1)[C@H]1Cc2ccccc2CN1. The molecule has 108 valence electrons. The molecule has 4 heteroatoms. The second-order valence-corrected chi connectivity index (χ2v) is 5.72. The highest BCUT2D eigenvalue weighted by Gasteiger charge is 2.24. The molecule has 1 saturated heterocycles. The molecule has 2 aliphatic rings. The molecule has 2 N–H and O–H groups in total. The van der Waals surface area contributed by atoms with E-state index in [4.69, 9.17) is 4.74 Å². The van der Waals surface area contributed by atoms with Crippen molar-refractivity contribution in [3.05, 3.63) is 35.4 Å². The fourth-order valence-corrected chi connectivity index (χ4v) is 2.97. The van der Waals surface area contributed by atoms with Gasteiger partial charge in [0.25, 0.3) is 0 Å². The van der Waals surface area contributed by atoms with Crippen molar-refractivity contribution >= 4 is 5.91 Å². The lowest BCUT2D eigenvalue weighted by atomic mass is 9.95. The number of carbonyl (C=O) groups is 1. The van der Waals surface area contributed by atoms with Crippen molar-refractivity contribution in [3.63, 3.8) is 0 Å². The molecular weight excluding hydrogens is 252 g/mol. The van der Waals surface area contributed by atoms with E-state index in [-0.39, 0.29) is 11.9 Å². The maximum absolute atomic E-state index is 12.2. The maximum atomic E-state index is 12.2. The molecule has 4 nitrogen and oxygen atoms in total. The average Bonchev–Trinajstić information content (AvgIpc) is 3.00. The number of fused-ring (bicyclic) bond motifs is 1. The predicted molar refractivity (Wildman–Crippen MR) is 77.3 cm³/mol. The third kappa shape index (κ3) is 3.19. The molecule has 0 saturated carbocycles. The third-order valence-corrected chi connectivity index (χ3v) is 4.27. The topological polar surface area (TPSA) is 50.4 Å². The molecule has 1 aromatic rings. The van der Waals surface area contributed by atoms with Crippen LogP contribution >= 0.6 is 0 Å². The molecule has 1 fully saturated rings. The standard InChI is InChI=1S/C16H22N2O2/c19-16(17-7-5-12-6-8-20-11-12)15-9-13-3-1-2-4-14(13)10-18-15/h1-4,12,15,18H,5-11H2,(H,17,19)/t12?,15-/m1/s1. The van der Waals surface area contributed by atoms with E-state index in [9.17, 15) is 4.79 Å². The largest absolute Gasteiger partial charge is 0.381 e. The number of benzene rings is 1. The van der Waals surface area contributed by atoms with Crippen LogP contribution in [-0.4, -0.2) is 31.7 Å². The molecule has 0 aromatic heterocycles. The number of carbonyl (C=O) groups excluding carboxylic acids is 1. The van der Waals surface area contributed by atoms with E-state index in [0.717, 1.165) is 45.6 Å². The van der Waals surface area contributed by atoms with Gasteiger partial charge in [-0.1, -0.05) is 24.3 Å². The molecular formula is C16H22N2O2. The number of rotatable bonds is 4. The minimum absolute atomic E-state index is 0.0928. The Bertz CT molecular complexity index is 469. The van der Waals surface area contributed by atoms with Gasteiger partial charge in [-0.3, -0.25) is 4.79 Å². The highest BCUT2D eigenvalue weighted by molar-refractivity contribution is 5.82. The van der Waals surface area contributed by atoms with Crippen LogP contribution in [0.2, 0.25) is 0 Å². The summed E-state index contributed by atoms with van der Waals surface area (Å²) in [7, 11) is 0. The van der Waals surface area contributed by atoms with E-state index in [1.807, 2.05) is 12.1 Å². The zero-order valence-electron chi connectivity index (χ0n) is 11.7. The van der Waals surface area contributed by atoms with E-state index < -0.39 is 0 Å². The zero-order chi connectivity index (χ0) is 13.8. The minimum atomic E-state index is -0.0928. The van der Waals surface area contributed by atoms with Gasteiger partial charge in [0.05, 0.1) is 6.04 Å². The zero-order valence-corrected chi connectivity index (χ0v) is 11.7. The Morgan fingerprint density at radius 1 is 1.35 bits per heavy atom. The van der Waals surface area contributed by atoms with Crippen molar-refractivity contribution in [3.8, 4) is 0 Å². The van der Waals surface area contributed by atoms with E-state index in [1.54, 1.807) is 0 Å². The Balaban J connectivity index is 1.46. The van der Waals surface area contributed by atoms with Crippen LogP contribution in [0.15, 0.2) is 24.3 Å². The number of hydrogen-bond acceptors (Lipinski definition) is 3. The summed E-state index contributed by atoms with van der Waals surface area (Å²) in [4.78, 5) is 12.2. The summed E-state index contributed by atoms with van der Waals surface area (Å²) >= 11 is 0. The van der Waals surface area contributed by atoms with E-state index in [2.05, 4.69) is 22.8 Å². The second kappa shape index (κ2) is 6.37. The molecule has 0 bridgehead atoms. The molecule has 3 rings (SSSR count). The molecule has 2 atom stereocenters. The van der Waals surface area contributed by atoms with Crippen molar-refractivity contribution < 1.29 is 9.53 Å². The summed E-state index contributed by atoms with van der Waals surface area (Å²) in [5.41, 5.74) is 2.59. The summed E-state index contributed by atoms with van der Waals surface area (Å²) in [6, 6.07) is 8.23. The van der Waals surface area contributed by atoms with Gasteiger partial charge < -0.3 is 15.4 Å². The quantitative estimate of drug-likeness (QED) is 0.868. The van der Waals surface area contributed by atoms with Gasteiger partial charge in [0.15, 0.2) is 0 Å². The van der Waals surface area contributed by atoms with Crippen LogP contribution in [0.1, 0.15) is 24.0 Å². The molecule has 1 amide bonds. The lowest BCUT2D eigenvalue weighted by Crippen LogP contribution is -2.48. The monoisotopic (exact) mass is 274 g/mol. The van der Waals surface area contributed by atoms with Crippen molar-refractivity contribution in [2.24, 2.45) is 5.92 Å².